The maximum absolute atomic E-state index is 13.2. The molecule has 0 spiro atoms. The molecule has 0 aliphatic heterocycles. The number of hydrogen-bond acceptors (Lipinski definition) is 5. The first-order valence-corrected chi connectivity index (χ1v) is 8.72. The van der Waals surface area contributed by atoms with Gasteiger partial charge in [0.1, 0.15) is 0 Å². The third-order valence-electron chi connectivity index (χ3n) is 4.61. The average Bonchev–Trinajstić information content (AvgIpc) is 2.66. The Bertz CT molecular complexity index is 959. The third kappa shape index (κ3) is 4.60. The van der Waals surface area contributed by atoms with E-state index in [0.29, 0.717) is 12.1 Å². The summed E-state index contributed by atoms with van der Waals surface area (Å²) in [5.41, 5.74) is -6.96. The minimum Gasteiger partial charge on any atom is -0.369 e. The summed E-state index contributed by atoms with van der Waals surface area (Å²) in [6, 6.07) is 6.05. The van der Waals surface area contributed by atoms with Gasteiger partial charge in [0, 0.05) is 16.8 Å². The van der Waals surface area contributed by atoms with Crippen molar-refractivity contribution in [1.82, 2.24) is 0 Å². The highest BCUT2D eigenvalue weighted by atomic mass is 19.4. The first-order chi connectivity index (χ1) is 14.1. The molecule has 0 aromatic heterocycles. The molecule has 0 saturated heterocycles. The van der Waals surface area contributed by atoms with Crippen LogP contribution in [0.3, 0.4) is 0 Å². The van der Waals surface area contributed by atoms with Crippen LogP contribution in [0.1, 0.15) is 34.0 Å². The van der Waals surface area contributed by atoms with Gasteiger partial charge in [0.05, 0.1) is 5.69 Å². The lowest BCUT2D eigenvalue weighted by molar-refractivity contribution is -0.376. The van der Waals surface area contributed by atoms with E-state index in [2.05, 4.69) is 5.32 Å². The molecule has 0 atom stereocenters. The Morgan fingerprint density at radius 2 is 1.61 bits per heavy atom. The van der Waals surface area contributed by atoms with Gasteiger partial charge in [0.2, 0.25) is 0 Å². The minimum absolute atomic E-state index is 0.0294. The van der Waals surface area contributed by atoms with Crippen LogP contribution in [0, 0.1) is 6.92 Å². The number of rotatable bonds is 5. The second kappa shape index (κ2) is 8.36. The van der Waals surface area contributed by atoms with E-state index in [1.165, 1.54) is 32.0 Å². The fraction of sp³-hybridized carbons (Fsp3) is 0.316. The molecule has 31 heavy (non-hydrogen) atoms. The predicted octanol–water partition coefficient (Wildman–Crippen LogP) is 4.71. The van der Waals surface area contributed by atoms with Crippen LogP contribution in [0.25, 0.3) is 0 Å². The van der Waals surface area contributed by atoms with Crippen LogP contribution >= 0.6 is 0 Å². The van der Waals surface area contributed by atoms with Gasteiger partial charge >= 0.3 is 12.4 Å². The normalized spacial score (nSPS) is 12.6. The summed E-state index contributed by atoms with van der Waals surface area (Å²) >= 11 is 0. The molecule has 12 heteroatoms. The molecular formula is C19H18F6N2O4. The standard InChI is InChI=1S/C19H18F6N2O4/c1-3-11-8-13(17(29,18(20,21)22)19(23,24)25)7-10(2)15(11)26-16(28)12-5-4-6-14(9-12)27(30)31/h4-9,29-31H,3H2,1-2H3,(H,26,28). The molecule has 0 fully saturated rings. The van der Waals surface area contributed by atoms with E-state index in [-0.39, 0.29) is 39.7 Å². The number of alkyl halides is 6. The molecular weight excluding hydrogens is 434 g/mol. The molecule has 0 saturated carbocycles. The van der Waals surface area contributed by atoms with Gasteiger partial charge in [-0.15, -0.1) is 5.23 Å². The monoisotopic (exact) mass is 452 g/mol. The fourth-order valence-electron chi connectivity index (χ4n) is 2.97. The lowest BCUT2D eigenvalue weighted by Crippen LogP contribution is -2.54. The van der Waals surface area contributed by atoms with E-state index in [1.807, 2.05) is 0 Å². The van der Waals surface area contributed by atoms with Crippen molar-refractivity contribution in [2.75, 3.05) is 10.5 Å². The fourth-order valence-corrected chi connectivity index (χ4v) is 2.97. The average molecular weight is 452 g/mol. The lowest BCUT2D eigenvalue weighted by atomic mass is 9.88. The van der Waals surface area contributed by atoms with Crippen LogP contribution in [0.15, 0.2) is 36.4 Å². The Hall–Kier alpha value is -2.83. The number of nitrogens with one attached hydrogen (secondary N) is 1. The van der Waals surface area contributed by atoms with Crippen molar-refractivity contribution in [2.45, 2.75) is 38.2 Å². The number of benzene rings is 2. The van der Waals surface area contributed by atoms with Crippen molar-refractivity contribution in [1.29, 1.82) is 0 Å². The molecule has 0 aliphatic rings. The maximum atomic E-state index is 13.2. The zero-order valence-corrected chi connectivity index (χ0v) is 16.1. The van der Waals surface area contributed by atoms with Crippen LogP contribution in [0.4, 0.5) is 37.7 Å². The number of carbonyl (C=O) groups is 1. The summed E-state index contributed by atoms with van der Waals surface area (Å²) in [5, 5.41) is 29.9. The second-order valence-electron chi connectivity index (χ2n) is 6.68. The Morgan fingerprint density at radius 3 is 2.10 bits per heavy atom. The highest BCUT2D eigenvalue weighted by Crippen LogP contribution is 2.50. The van der Waals surface area contributed by atoms with Crippen LogP contribution < -0.4 is 10.5 Å². The number of aryl methyl sites for hydroxylation is 2. The van der Waals surface area contributed by atoms with E-state index in [1.54, 1.807) is 0 Å². The first-order valence-electron chi connectivity index (χ1n) is 8.72. The van der Waals surface area contributed by atoms with Gasteiger partial charge in [-0.2, -0.15) is 26.3 Å². The molecule has 2 aromatic rings. The van der Waals surface area contributed by atoms with E-state index in [4.69, 9.17) is 10.4 Å². The quantitative estimate of drug-likeness (QED) is 0.390. The van der Waals surface area contributed by atoms with Crippen molar-refractivity contribution < 1.29 is 46.7 Å². The summed E-state index contributed by atoms with van der Waals surface area (Å²) in [6.07, 6.45) is -12.1. The van der Waals surface area contributed by atoms with Crippen molar-refractivity contribution in [3.63, 3.8) is 0 Å². The summed E-state index contributed by atoms with van der Waals surface area (Å²) in [4.78, 5) is 12.5. The molecule has 6 nitrogen and oxygen atoms in total. The molecule has 4 N–H and O–H groups in total. The lowest BCUT2D eigenvalue weighted by Gasteiger charge is -2.33. The number of nitrogens with zero attached hydrogens (tertiary/aromatic N) is 1. The summed E-state index contributed by atoms with van der Waals surface area (Å²) in [5.74, 6) is -0.795. The van der Waals surface area contributed by atoms with E-state index < -0.39 is 29.4 Å². The molecule has 0 bridgehead atoms. The van der Waals surface area contributed by atoms with Gasteiger partial charge in [0.25, 0.3) is 11.5 Å². The summed E-state index contributed by atoms with van der Waals surface area (Å²) in [6.45, 7) is 2.63. The van der Waals surface area contributed by atoms with Crippen LogP contribution in [0.5, 0.6) is 0 Å². The smallest absolute Gasteiger partial charge is 0.369 e. The zero-order valence-electron chi connectivity index (χ0n) is 16.1. The number of aliphatic hydroxyl groups is 1. The van der Waals surface area contributed by atoms with Crippen LogP contribution in [-0.4, -0.2) is 33.8 Å². The Kier molecular flexibility index (Phi) is 6.59. The first kappa shape index (κ1) is 24.4. The largest absolute Gasteiger partial charge is 0.430 e. The van der Waals surface area contributed by atoms with E-state index in [0.717, 1.165) is 6.07 Å². The number of anilines is 2. The van der Waals surface area contributed by atoms with Gasteiger partial charge in [-0.1, -0.05) is 25.1 Å². The third-order valence-corrected chi connectivity index (χ3v) is 4.61. The molecule has 2 rings (SSSR count). The van der Waals surface area contributed by atoms with Crippen LogP contribution in [-0.2, 0) is 12.0 Å². The number of carbonyl (C=O) groups excluding carboxylic acids is 1. The predicted molar refractivity (Wildman–Crippen MR) is 97.0 cm³/mol. The molecule has 0 aliphatic carbocycles. The maximum Gasteiger partial charge on any atom is 0.430 e. The van der Waals surface area contributed by atoms with Crippen molar-refractivity contribution in [3.8, 4) is 0 Å². The van der Waals surface area contributed by atoms with Gasteiger partial charge in [-0.3, -0.25) is 15.2 Å². The van der Waals surface area contributed by atoms with Gasteiger partial charge in [0.15, 0.2) is 0 Å². The molecule has 0 unspecified atom stereocenters. The molecule has 0 radical (unpaired) electrons. The second-order valence-corrected chi connectivity index (χ2v) is 6.68. The van der Waals surface area contributed by atoms with Gasteiger partial charge in [-0.05, 0) is 42.7 Å². The summed E-state index contributed by atoms with van der Waals surface area (Å²) in [7, 11) is 0. The molecule has 0 heterocycles. The SMILES string of the molecule is CCc1cc(C(O)(C(F)(F)F)C(F)(F)F)cc(C)c1NC(=O)c1cccc(N(O)O)c1. The highest BCUT2D eigenvalue weighted by molar-refractivity contribution is 6.05. The number of halogens is 6. The number of hydrogen-bond donors (Lipinski definition) is 4. The van der Waals surface area contributed by atoms with E-state index in [9.17, 15) is 36.2 Å². The Labute approximate surface area is 172 Å². The summed E-state index contributed by atoms with van der Waals surface area (Å²) < 4.78 is 79.2. The minimum atomic E-state index is -6.03. The van der Waals surface area contributed by atoms with Crippen molar-refractivity contribution >= 4 is 17.3 Å². The van der Waals surface area contributed by atoms with Crippen molar-refractivity contribution in [2.24, 2.45) is 0 Å². The van der Waals surface area contributed by atoms with E-state index >= 15 is 0 Å². The van der Waals surface area contributed by atoms with Crippen LogP contribution in [0.2, 0.25) is 0 Å². The van der Waals surface area contributed by atoms with Gasteiger partial charge in [-0.25, -0.2) is 0 Å². The van der Waals surface area contributed by atoms with Gasteiger partial charge < -0.3 is 10.4 Å². The molecule has 170 valence electrons. The zero-order chi connectivity index (χ0) is 23.8. The van der Waals surface area contributed by atoms with Crippen molar-refractivity contribution in [3.05, 3.63) is 58.7 Å². The molecule has 1 amide bonds. The Morgan fingerprint density at radius 1 is 1.03 bits per heavy atom. The topological polar surface area (TPSA) is 93.0 Å². The molecule has 2 aromatic carbocycles. The highest BCUT2D eigenvalue weighted by Gasteiger charge is 2.71. The number of amides is 1. The Balaban J connectivity index is 2.53.